The molecule has 0 saturated carbocycles. The molecule has 0 spiro atoms. The molecule has 1 aliphatic heterocycles. The van der Waals surface area contributed by atoms with Crippen molar-refractivity contribution in [2.24, 2.45) is 0 Å². The Morgan fingerprint density at radius 3 is 2.73 bits per heavy atom. The molecule has 0 aliphatic carbocycles. The molecule has 3 aromatic rings. The van der Waals surface area contributed by atoms with E-state index in [1.54, 1.807) is 0 Å². The van der Waals surface area contributed by atoms with Crippen LogP contribution in [0.4, 0.5) is 0 Å². The predicted molar refractivity (Wildman–Crippen MR) is 105 cm³/mol. The lowest BCUT2D eigenvalue weighted by molar-refractivity contribution is 0.0375. The average Bonchev–Trinajstić information content (AvgIpc) is 3.10. The maximum Gasteiger partial charge on any atom is 0.120 e. The Balaban J connectivity index is 1.37. The van der Waals surface area contributed by atoms with Crippen LogP contribution in [0.25, 0.3) is 10.9 Å². The fourth-order valence-electron chi connectivity index (χ4n) is 3.51. The highest BCUT2D eigenvalue weighted by Gasteiger charge is 2.11. The Hall–Kier alpha value is -2.30. The summed E-state index contributed by atoms with van der Waals surface area (Å²) >= 11 is 0. The smallest absolute Gasteiger partial charge is 0.120 e. The van der Waals surface area contributed by atoms with Gasteiger partial charge in [0.05, 0.1) is 13.2 Å². The highest BCUT2D eigenvalue weighted by Crippen LogP contribution is 2.25. The summed E-state index contributed by atoms with van der Waals surface area (Å²) in [5, 5.41) is 1.28. The van der Waals surface area contributed by atoms with Crippen LogP contribution in [-0.2, 0) is 17.8 Å². The van der Waals surface area contributed by atoms with Gasteiger partial charge in [-0.05, 0) is 48.7 Å². The van der Waals surface area contributed by atoms with Crippen LogP contribution in [0.5, 0.6) is 5.75 Å². The van der Waals surface area contributed by atoms with Crippen molar-refractivity contribution in [2.45, 2.75) is 19.4 Å². The summed E-state index contributed by atoms with van der Waals surface area (Å²) < 4.78 is 11.4. The Morgan fingerprint density at radius 2 is 1.88 bits per heavy atom. The van der Waals surface area contributed by atoms with Crippen LogP contribution in [0.1, 0.15) is 17.5 Å². The van der Waals surface area contributed by atoms with Crippen molar-refractivity contribution in [2.75, 3.05) is 32.8 Å². The number of aromatic amines is 1. The molecule has 0 bridgehead atoms. The third-order valence-corrected chi connectivity index (χ3v) is 5.01. The third-order valence-electron chi connectivity index (χ3n) is 5.01. The van der Waals surface area contributed by atoms with E-state index in [4.69, 9.17) is 9.47 Å². The van der Waals surface area contributed by atoms with E-state index in [0.29, 0.717) is 6.61 Å². The molecule has 2 aromatic carbocycles. The molecule has 1 aliphatic rings. The minimum atomic E-state index is 0.600. The van der Waals surface area contributed by atoms with Gasteiger partial charge < -0.3 is 14.5 Å². The topological polar surface area (TPSA) is 37.5 Å². The minimum absolute atomic E-state index is 0.600. The summed E-state index contributed by atoms with van der Waals surface area (Å²) in [5.74, 6) is 0.926. The van der Waals surface area contributed by atoms with Crippen LogP contribution >= 0.6 is 0 Å². The first kappa shape index (κ1) is 17.1. The summed E-state index contributed by atoms with van der Waals surface area (Å²) in [5.41, 5.74) is 3.74. The first-order chi connectivity index (χ1) is 12.9. The monoisotopic (exact) mass is 350 g/mol. The molecule has 2 heterocycles. The zero-order valence-electron chi connectivity index (χ0n) is 15.1. The van der Waals surface area contributed by atoms with Crippen LogP contribution < -0.4 is 4.74 Å². The second-order valence-electron chi connectivity index (χ2n) is 6.85. The van der Waals surface area contributed by atoms with E-state index in [2.05, 4.69) is 40.3 Å². The second-order valence-corrected chi connectivity index (χ2v) is 6.85. The molecule has 4 rings (SSSR count). The van der Waals surface area contributed by atoms with Gasteiger partial charge in [0.2, 0.25) is 0 Å². The van der Waals surface area contributed by atoms with Crippen LogP contribution in [0.2, 0.25) is 0 Å². The summed E-state index contributed by atoms with van der Waals surface area (Å²) in [6.07, 6.45) is 4.40. The molecule has 136 valence electrons. The molecule has 4 nitrogen and oxygen atoms in total. The molecule has 1 saturated heterocycles. The molecule has 1 N–H and O–H groups in total. The van der Waals surface area contributed by atoms with Gasteiger partial charge >= 0.3 is 0 Å². The number of hydrogen-bond acceptors (Lipinski definition) is 3. The standard InChI is InChI=1S/C22H26N2O2/c1-2-5-18(6-3-1)17-26-20-8-9-22-21(15-20)19(16-23-22)7-4-10-24-11-13-25-14-12-24/h1-3,5-6,8-9,15-16,23H,4,7,10-14,17H2. The predicted octanol–water partition coefficient (Wildman–Crippen LogP) is 4.01. The van der Waals surface area contributed by atoms with Crippen LogP contribution in [0.3, 0.4) is 0 Å². The molecule has 0 unspecified atom stereocenters. The van der Waals surface area contributed by atoms with Gasteiger partial charge in [-0.2, -0.15) is 0 Å². The lowest BCUT2D eigenvalue weighted by atomic mass is 10.1. The van der Waals surface area contributed by atoms with E-state index in [1.807, 2.05) is 24.3 Å². The Kier molecular flexibility index (Phi) is 5.53. The number of morpholine rings is 1. The lowest BCUT2D eigenvalue weighted by Gasteiger charge is -2.26. The fraction of sp³-hybridized carbons (Fsp3) is 0.364. The largest absolute Gasteiger partial charge is 0.489 e. The van der Waals surface area contributed by atoms with Gasteiger partial charge in [-0.1, -0.05) is 30.3 Å². The molecule has 0 amide bonds. The van der Waals surface area contributed by atoms with E-state index in [9.17, 15) is 0 Å². The first-order valence-electron chi connectivity index (χ1n) is 9.45. The van der Waals surface area contributed by atoms with Crippen molar-refractivity contribution in [3.8, 4) is 5.75 Å². The summed E-state index contributed by atoms with van der Waals surface area (Å²) in [6.45, 7) is 5.60. The van der Waals surface area contributed by atoms with Crippen molar-refractivity contribution in [1.82, 2.24) is 9.88 Å². The zero-order chi connectivity index (χ0) is 17.6. The van der Waals surface area contributed by atoms with E-state index in [1.165, 1.54) is 28.5 Å². The van der Waals surface area contributed by atoms with Crippen molar-refractivity contribution >= 4 is 10.9 Å². The minimum Gasteiger partial charge on any atom is -0.489 e. The fourth-order valence-corrected chi connectivity index (χ4v) is 3.51. The van der Waals surface area contributed by atoms with Gasteiger partial charge in [0, 0.05) is 30.2 Å². The number of aryl methyl sites for hydroxylation is 1. The van der Waals surface area contributed by atoms with Gasteiger partial charge in [-0.3, -0.25) is 4.90 Å². The van der Waals surface area contributed by atoms with Gasteiger partial charge in [-0.25, -0.2) is 0 Å². The Morgan fingerprint density at radius 1 is 1.04 bits per heavy atom. The van der Waals surface area contributed by atoms with Crippen molar-refractivity contribution in [3.63, 3.8) is 0 Å². The van der Waals surface area contributed by atoms with Gasteiger partial charge in [0.25, 0.3) is 0 Å². The molecule has 1 aromatic heterocycles. The van der Waals surface area contributed by atoms with E-state index in [-0.39, 0.29) is 0 Å². The van der Waals surface area contributed by atoms with Crippen molar-refractivity contribution < 1.29 is 9.47 Å². The van der Waals surface area contributed by atoms with Crippen molar-refractivity contribution in [1.29, 1.82) is 0 Å². The van der Waals surface area contributed by atoms with Crippen LogP contribution in [-0.4, -0.2) is 42.7 Å². The highest BCUT2D eigenvalue weighted by molar-refractivity contribution is 5.84. The lowest BCUT2D eigenvalue weighted by Crippen LogP contribution is -2.36. The number of hydrogen-bond donors (Lipinski definition) is 1. The molecule has 4 heteroatoms. The number of nitrogens with zero attached hydrogens (tertiary/aromatic N) is 1. The van der Waals surface area contributed by atoms with E-state index >= 15 is 0 Å². The van der Waals surface area contributed by atoms with Crippen molar-refractivity contribution in [3.05, 3.63) is 65.9 Å². The van der Waals surface area contributed by atoms with Gasteiger partial charge in [-0.15, -0.1) is 0 Å². The quantitative estimate of drug-likeness (QED) is 0.699. The highest BCUT2D eigenvalue weighted by atomic mass is 16.5. The zero-order valence-corrected chi connectivity index (χ0v) is 15.1. The van der Waals surface area contributed by atoms with E-state index < -0.39 is 0 Å². The number of nitrogens with one attached hydrogen (secondary N) is 1. The number of benzene rings is 2. The number of rotatable bonds is 7. The Bertz CT molecular complexity index is 823. The molecule has 0 radical (unpaired) electrons. The number of fused-ring (bicyclic) bond motifs is 1. The maximum atomic E-state index is 5.99. The van der Waals surface area contributed by atoms with Crippen LogP contribution in [0, 0.1) is 0 Å². The molecule has 0 atom stereocenters. The summed E-state index contributed by atoms with van der Waals surface area (Å²) in [7, 11) is 0. The average molecular weight is 350 g/mol. The molecule has 26 heavy (non-hydrogen) atoms. The van der Waals surface area contributed by atoms with Crippen LogP contribution in [0.15, 0.2) is 54.7 Å². The number of H-pyrrole nitrogens is 1. The second kappa shape index (κ2) is 8.39. The normalized spacial score (nSPS) is 15.4. The summed E-state index contributed by atoms with van der Waals surface area (Å²) in [6, 6.07) is 16.6. The first-order valence-corrected chi connectivity index (χ1v) is 9.45. The molecule has 1 fully saturated rings. The summed E-state index contributed by atoms with van der Waals surface area (Å²) in [4.78, 5) is 5.88. The Labute approximate surface area is 154 Å². The number of aromatic nitrogens is 1. The van der Waals surface area contributed by atoms with Gasteiger partial charge in [0.1, 0.15) is 12.4 Å². The molecular formula is C22H26N2O2. The SMILES string of the molecule is c1ccc(COc2ccc3[nH]cc(CCCN4CCOCC4)c3c2)cc1. The third kappa shape index (κ3) is 4.26. The molecular weight excluding hydrogens is 324 g/mol. The maximum absolute atomic E-state index is 5.99. The number of ether oxygens (including phenoxy) is 2. The van der Waals surface area contributed by atoms with E-state index in [0.717, 1.165) is 45.0 Å². The van der Waals surface area contributed by atoms with Gasteiger partial charge in [0.15, 0.2) is 0 Å².